The van der Waals surface area contributed by atoms with Gasteiger partial charge in [-0.3, -0.25) is 0 Å². The molecule has 21 heavy (non-hydrogen) atoms. The molecule has 0 spiro atoms. The average molecular weight is 314 g/mol. The molecule has 5 heteroatoms. The molecule has 0 amide bonds. The Balaban J connectivity index is 2.10. The molecule has 1 aliphatic rings. The van der Waals surface area contributed by atoms with E-state index in [-0.39, 0.29) is 6.10 Å². The van der Waals surface area contributed by atoms with Crippen molar-refractivity contribution < 1.29 is 14.2 Å². The molecule has 1 heterocycles. The van der Waals surface area contributed by atoms with Crippen LogP contribution in [-0.4, -0.2) is 33.0 Å². The van der Waals surface area contributed by atoms with E-state index in [4.69, 9.17) is 25.8 Å². The quantitative estimate of drug-likeness (QED) is 0.837. The van der Waals surface area contributed by atoms with Crippen LogP contribution in [0, 0.1) is 0 Å². The van der Waals surface area contributed by atoms with Gasteiger partial charge in [-0.25, -0.2) is 0 Å². The molecule has 0 bridgehead atoms. The van der Waals surface area contributed by atoms with Gasteiger partial charge in [0.2, 0.25) is 0 Å². The minimum absolute atomic E-state index is 0.172. The number of rotatable bonds is 7. The minimum Gasteiger partial charge on any atom is -0.493 e. The van der Waals surface area contributed by atoms with Crippen LogP contribution in [0.2, 0.25) is 5.02 Å². The van der Waals surface area contributed by atoms with Crippen molar-refractivity contribution in [1.82, 2.24) is 5.32 Å². The Labute approximate surface area is 131 Å². The van der Waals surface area contributed by atoms with Crippen LogP contribution in [0.1, 0.15) is 31.7 Å². The molecule has 1 saturated heterocycles. The van der Waals surface area contributed by atoms with Crippen molar-refractivity contribution in [2.24, 2.45) is 0 Å². The standard InChI is InChI=1S/C16H24ClNO3/c1-3-18-10-12-8-13(17)9-15(19-2)16(12)21-11-14-6-4-5-7-20-14/h8-9,14,18H,3-7,10-11H2,1-2H3. The molecule has 1 aromatic carbocycles. The second-order valence-electron chi connectivity index (χ2n) is 5.18. The van der Waals surface area contributed by atoms with Crippen molar-refractivity contribution in [3.05, 3.63) is 22.7 Å². The first-order chi connectivity index (χ1) is 10.2. The van der Waals surface area contributed by atoms with Gasteiger partial charge >= 0.3 is 0 Å². The zero-order valence-corrected chi connectivity index (χ0v) is 13.5. The molecule has 2 rings (SSSR count). The highest BCUT2D eigenvalue weighted by molar-refractivity contribution is 6.30. The third kappa shape index (κ3) is 4.77. The van der Waals surface area contributed by atoms with Gasteiger partial charge in [-0.1, -0.05) is 18.5 Å². The van der Waals surface area contributed by atoms with Crippen LogP contribution in [0.5, 0.6) is 11.5 Å². The largest absolute Gasteiger partial charge is 0.493 e. The number of nitrogens with one attached hydrogen (secondary N) is 1. The fourth-order valence-electron chi connectivity index (χ4n) is 2.44. The van der Waals surface area contributed by atoms with Crippen molar-refractivity contribution in [3.8, 4) is 11.5 Å². The fourth-order valence-corrected chi connectivity index (χ4v) is 2.68. The second kappa shape index (κ2) is 8.47. The van der Waals surface area contributed by atoms with Gasteiger partial charge < -0.3 is 19.5 Å². The van der Waals surface area contributed by atoms with Crippen LogP contribution in [0.25, 0.3) is 0 Å². The maximum Gasteiger partial charge on any atom is 0.165 e. The zero-order valence-electron chi connectivity index (χ0n) is 12.8. The van der Waals surface area contributed by atoms with Crippen molar-refractivity contribution in [1.29, 1.82) is 0 Å². The molecule has 0 radical (unpaired) electrons. The van der Waals surface area contributed by atoms with Crippen LogP contribution in [0.3, 0.4) is 0 Å². The Morgan fingerprint density at radius 3 is 2.90 bits per heavy atom. The third-order valence-corrected chi connectivity index (χ3v) is 3.79. The summed E-state index contributed by atoms with van der Waals surface area (Å²) in [4.78, 5) is 0. The lowest BCUT2D eigenvalue weighted by Crippen LogP contribution is -2.26. The lowest BCUT2D eigenvalue weighted by Gasteiger charge is -2.24. The first-order valence-electron chi connectivity index (χ1n) is 7.56. The van der Waals surface area contributed by atoms with Crippen molar-refractivity contribution in [2.45, 2.75) is 38.8 Å². The normalized spacial score (nSPS) is 18.5. The predicted molar refractivity (Wildman–Crippen MR) is 84.5 cm³/mol. The van der Waals surface area contributed by atoms with Gasteiger partial charge in [0, 0.05) is 29.8 Å². The van der Waals surface area contributed by atoms with E-state index in [2.05, 4.69) is 12.2 Å². The molecule has 1 N–H and O–H groups in total. The predicted octanol–water partition coefficient (Wildman–Crippen LogP) is 3.41. The maximum atomic E-state index is 6.14. The van der Waals surface area contributed by atoms with Gasteiger partial charge in [0.1, 0.15) is 6.61 Å². The lowest BCUT2D eigenvalue weighted by atomic mass is 10.1. The minimum atomic E-state index is 0.172. The molecule has 1 unspecified atom stereocenters. The molecule has 1 fully saturated rings. The topological polar surface area (TPSA) is 39.7 Å². The van der Waals surface area contributed by atoms with Gasteiger partial charge in [-0.05, 0) is 31.9 Å². The lowest BCUT2D eigenvalue weighted by molar-refractivity contribution is -0.0116. The summed E-state index contributed by atoms with van der Waals surface area (Å²) < 4.78 is 17.1. The van der Waals surface area contributed by atoms with E-state index in [0.717, 1.165) is 37.3 Å². The van der Waals surface area contributed by atoms with E-state index in [0.29, 0.717) is 23.9 Å². The summed E-state index contributed by atoms with van der Waals surface area (Å²) in [6.07, 6.45) is 3.58. The molecule has 1 atom stereocenters. The molecule has 0 aliphatic carbocycles. The number of benzene rings is 1. The Hall–Kier alpha value is -0.970. The molecule has 1 aromatic rings. The van der Waals surface area contributed by atoms with E-state index < -0.39 is 0 Å². The van der Waals surface area contributed by atoms with E-state index in [1.807, 2.05) is 6.07 Å². The van der Waals surface area contributed by atoms with Crippen LogP contribution in [-0.2, 0) is 11.3 Å². The van der Waals surface area contributed by atoms with Gasteiger partial charge in [0.25, 0.3) is 0 Å². The highest BCUT2D eigenvalue weighted by atomic mass is 35.5. The molecular weight excluding hydrogens is 290 g/mol. The third-order valence-electron chi connectivity index (χ3n) is 3.57. The Morgan fingerprint density at radius 2 is 2.24 bits per heavy atom. The Bertz CT molecular complexity index is 447. The summed E-state index contributed by atoms with van der Waals surface area (Å²) >= 11 is 6.14. The van der Waals surface area contributed by atoms with Crippen LogP contribution >= 0.6 is 11.6 Å². The van der Waals surface area contributed by atoms with Crippen molar-refractivity contribution in [2.75, 3.05) is 26.9 Å². The van der Waals surface area contributed by atoms with Gasteiger partial charge in [-0.15, -0.1) is 0 Å². The molecule has 0 saturated carbocycles. The maximum absolute atomic E-state index is 6.14. The second-order valence-corrected chi connectivity index (χ2v) is 5.61. The number of hydrogen-bond donors (Lipinski definition) is 1. The monoisotopic (exact) mass is 313 g/mol. The number of methoxy groups -OCH3 is 1. The first-order valence-corrected chi connectivity index (χ1v) is 7.94. The van der Waals surface area contributed by atoms with Crippen LogP contribution in [0.15, 0.2) is 12.1 Å². The summed E-state index contributed by atoms with van der Waals surface area (Å²) in [5.74, 6) is 1.43. The number of halogens is 1. The van der Waals surface area contributed by atoms with E-state index in [1.165, 1.54) is 6.42 Å². The number of hydrogen-bond acceptors (Lipinski definition) is 4. The first kappa shape index (κ1) is 16.4. The highest BCUT2D eigenvalue weighted by Gasteiger charge is 2.18. The van der Waals surface area contributed by atoms with Crippen LogP contribution in [0.4, 0.5) is 0 Å². The van der Waals surface area contributed by atoms with Gasteiger partial charge in [0.05, 0.1) is 13.2 Å². The molecule has 1 aliphatic heterocycles. The number of ether oxygens (including phenoxy) is 3. The Kier molecular flexibility index (Phi) is 6.61. The Morgan fingerprint density at radius 1 is 1.38 bits per heavy atom. The highest BCUT2D eigenvalue weighted by Crippen LogP contribution is 2.35. The van der Waals surface area contributed by atoms with Gasteiger partial charge in [0.15, 0.2) is 11.5 Å². The smallest absolute Gasteiger partial charge is 0.165 e. The van der Waals surface area contributed by atoms with E-state index >= 15 is 0 Å². The average Bonchev–Trinajstić information content (AvgIpc) is 2.52. The van der Waals surface area contributed by atoms with Crippen molar-refractivity contribution in [3.63, 3.8) is 0 Å². The van der Waals surface area contributed by atoms with E-state index in [1.54, 1.807) is 13.2 Å². The molecule has 4 nitrogen and oxygen atoms in total. The van der Waals surface area contributed by atoms with E-state index in [9.17, 15) is 0 Å². The zero-order chi connectivity index (χ0) is 15.1. The fraction of sp³-hybridized carbons (Fsp3) is 0.625. The van der Waals surface area contributed by atoms with Crippen molar-refractivity contribution >= 4 is 11.6 Å². The molecular formula is C16H24ClNO3. The molecule has 118 valence electrons. The summed E-state index contributed by atoms with van der Waals surface area (Å²) in [5.41, 5.74) is 1.01. The van der Waals surface area contributed by atoms with Gasteiger partial charge in [-0.2, -0.15) is 0 Å². The van der Waals surface area contributed by atoms with Crippen LogP contribution < -0.4 is 14.8 Å². The summed E-state index contributed by atoms with van der Waals surface area (Å²) in [6, 6.07) is 3.71. The summed E-state index contributed by atoms with van der Waals surface area (Å²) in [7, 11) is 1.63. The summed E-state index contributed by atoms with van der Waals surface area (Å²) in [6.45, 7) is 5.04. The molecule has 0 aromatic heterocycles. The summed E-state index contributed by atoms with van der Waals surface area (Å²) in [5, 5.41) is 3.95. The SMILES string of the molecule is CCNCc1cc(Cl)cc(OC)c1OCC1CCCCO1.